The molecule has 6 rings (SSSR count). The molecule has 2 aromatic carbocycles. The lowest BCUT2D eigenvalue weighted by Gasteiger charge is -2.54. The van der Waals surface area contributed by atoms with Crippen LogP contribution in [-0.2, 0) is 13.2 Å². The smallest absolute Gasteiger partial charge is 0.163 e. The largest absolute Gasteiger partial charge is 0.490 e. The third kappa shape index (κ3) is 4.45. The van der Waals surface area contributed by atoms with Gasteiger partial charge in [-0.15, -0.1) is 0 Å². The van der Waals surface area contributed by atoms with Crippen molar-refractivity contribution in [1.29, 1.82) is 0 Å². The van der Waals surface area contributed by atoms with Gasteiger partial charge in [0.05, 0.1) is 6.61 Å². The van der Waals surface area contributed by atoms with Gasteiger partial charge in [-0.1, -0.05) is 35.9 Å². The molecule has 4 bridgehead atoms. The van der Waals surface area contributed by atoms with E-state index in [-0.39, 0.29) is 0 Å². The van der Waals surface area contributed by atoms with Crippen LogP contribution in [0.3, 0.4) is 0 Å². The highest BCUT2D eigenvalue weighted by Gasteiger charge is 2.47. The summed E-state index contributed by atoms with van der Waals surface area (Å²) in [6, 6.07) is 12.9. The van der Waals surface area contributed by atoms with Gasteiger partial charge in [0.25, 0.3) is 0 Å². The van der Waals surface area contributed by atoms with Gasteiger partial charge in [0.2, 0.25) is 0 Å². The van der Waals surface area contributed by atoms with Crippen LogP contribution in [-0.4, -0.2) is 12.6 Å². The van der Waals surface area contributed by atoms with Gasteiger partial charge < -0.3 is 14.8 Å². The maximum Gasteiger partial charge on any atom is 0.163 e. The van der Waals surface area contributed by atoms with Crippen molar-refractivity contribution in [2.75, 3.05) is 6.61 Å². The molecule has 0 aliphatic heterocycles. The van der Waals surface area contributed by atoms with Crippen molar-refractivity contribution in [2.24, 2.45) is 23.7 Å². The van der Waals surface area contributed by atoms with Crippen molar-refractivity contribution in [3.63, 3.8) is 0 Å². The van der Waals surface area contributed by atoms with Crippen molar-refractivity contribution in [2.45, 2.75) is 65.1 Å². The van der Waals surface area contributed by atoms with E-state index < -0.39 is 0 Å². The number of nitrogens with one attached hydrogen (secondary N) is 1. The Morgan fingerprint density at radius 3 is 2.26 bits per heavy atom. The Bertz CT molecular complexity index is 899. The molecule has 4 aliphatic rings. The first kappa shape index (κ1) is 21.2. The molecule has 0 amide bonds. The van der Waals surface area contributed by atoms with Gasteiger partial charge in [0.15, 0.2) is 11.5 Å². The quantitative estimate of drug-likeness (QED) is 0.506. The molecule has 4 aliphatic carbocycles. The number of aryl methyl sites for hydroxylation is 1. The predicted octanol–water partition coefficient (Wildman–Crippen LogP) is 6.54. The van der Waals surface area contributed by atoms with Gasteiger partial charge in [-0.2, -0.15) is 0 Å². The van der Waals surface area contributed by atoms with Crippen LogP contribution < -0.4 is 14.8 Å². The first-order chi connectivity index (χ1) is 15.1. The van der Waals surface area contributed by atoms with E-state index in [1.54, 1.807) is 0 Å². The highest BCUT2D eigenvalue weighted by Crippen LogP contribution is 2.53. The Morgan fingerprint density at radius 2 is 1.58 bits per heavy atom. The molecule has 0 radical (unpaired) electrons. The van der Waals surface area contributed by atoms with Crippen LogP contribution in [0.5, 0.6) is 11.5 Å². The minimum absolute atomic E-state index is 0.508. The fraction of sp³-hybridized carbons (Fsp3) is 0.556. The molecule has 4 heteroatoms. The molecular formula is C27H34ClNO2. The summed E-state index contributed by atoms with van der Waals surface area (Å²) >= 11 is 6.71. The Hall–Kier alpha value is -1.71. The number of rotatable bonds is 8. The summed E-state index contributed by atoms with van der Waals surface area (Å²) in [5.41, 5.74) is 3.50. The average Bonchev–Trinajstić information content (AvgIpc) is 2.74. The second kappa shape index (κ2) is 9.03. The lowest BCUT2D eigenvalue weighted by molar-refractivity contribution is -0.0142. The summed E-state index contributed by atoms with van der Waals surface area (Å²) in [5, 5.41) is 4.64. The number of halogens is 1. The molecule has 31 heavy (non-hydrogen) atoms. The Balaban J connectivity index is 1.28. The van der Waals surface area contributed by atoms with Crippen LogP contribution in [0.2, 0.25) is 5.02 Å². The molecule has 0 saturated heterocycles. The van der Waals surface area contributed by atoms with Gasteiger partial charge in [-0.05, 0) is 92.4 Å². The first-order valence-electron chi connectivity index (χ1n) is 12.0. The Morgan fingerprint density at radius 1 is 0.903 bits per heavy atom. The number of hydrogen-bond acceptors (Lipinski definition) is 3. The highest BCUT2D eigenvalue weighted by atomic mass is 35.5. The first-order valence-corrected chi connectivity index (χ1v) is 12.3. The minimum Gasteiger partial charge on any atom is -0.490 e. The van der Waals surface area contributed by atoms with Crippen LogP contribution in [0, 0.1) is 30.6 Å². The number of hydrogen-bond donors (Lipinski definition) is 1. The Kier molecular flexibility index (Phi) is 6.16. The summed E-state index contributed by atoms with van der Waals surface area (Å²) < 4.78 is 12.1. The molecule has 1 N–H and O–H groups in total. The zero-order chi connectivity index (χ0) is 21.4. The average molecular weight is 440 g/mol. The second-order valence-corrected chi connectivity index (χ2v) is 10.3. The zero-order valence-electron chi connectivity index (χ0n) is 18.7. The zero-order valence-corrected chi connectivity index (χ0v) is 19.5. The van der Waals surface area contributed by atoms with E-state index in [0.717, 1.165) is 46.6 Å². The van der Waals surface area contributed by atoms with E-state index >= 15 is 0 Å². The molecule has 3 nitrogen and oxygen atoms in total. The lowest BCUT2D eigenvalue weighted by atomic mass is 9.54. The maximum atomic E-state index is 6.71. The molecule has 0 heterocycles. The third-order valence-electron chi connectivity index (χ3n) is 7.81. The maximum absolute atomic E-state index is 6.71. The van der Waals surface area contributed by atoms with Gasteiger partial charge in [0.1, 0.15) is 6.61 Å². The van der Waals surface area contributed by atoms with Crippen molar-refractivity contribution in [3.05, 3.63) is 58.1 Å². The van der Waals surface area contributed by atoms with Crippen molar-refractivity contribution >= 4 is 11.6 Å². The molecule has 0 atom stereocenters. The van der Waals surface area contributed by atoms with Crippen LogP contribution in [0.15, 0.2) is 36.4 Å². The van der Waals surface area contributed by atoms with E-state index in [2.05, 4.69) is 30.4 Å². The minimum atomic E-state index is 0.508. The van der Waals surface area contributed by atoms with E-state index in [1.165, 1.54) is 43.2 Å². The van der Waals surface area contributed by atoms with Crippen molar-refractivity contribution in [3.8, 4) is 11.5 Å². The highest BCUT2D eigenvalue weighted by molar-refractivity contribution is 6.31. The van der Waals surface area contributed by atoms with E-state index in [4.69, 9.17) is 21.1 Å². The monoisotopic (exact) mass is 439 g/mol. The number of ether oxygens (including phenoxy) is 2. The van der Waals surface area contributed by atoms with E-state index in [9.17, 15) is 0 Å². The second-order valence-electron chi connectivity index (χ2n) is 9.88. The van der Waals surface area contributed by atoms with Gasteiger partial charge >= 0.3 is 0 Å². The summed E-state index contributed by atoms with van der Waals surface area (Å²) in [5.74, 6) is 5.21. The van der Waals surface area contributed by atoms with E-state index in [1.807, 2.05) is 25.1 Å². The standard InChI is InChI=1S/C27H34ClNO2/c1-3-30-25-13-23(15-29-27-21-9-18-8-19(11-21)12-22(27)10-18)24(28)14-26(25)31-16-20-7-5-4-6-17(20)2/h4-7,13-14,18-19,21-22,27,29H,3,8-12,15-16H2,1-2H3. The molecule has 0 unspecified atom stereocenters. The molecule has 166 valence electrons. The molecular weight excluding hydrogens is 406 g/mol. The summed E-state index contributed by atoms with van der Waals surface area (Å²) in [6.07, 6.45) is 7.19. The molecule has 4 fully saturated rings. The van der Waals surface area contributed by atoms with Gasteiger partial charge in [0, 0.05) is 23.7 Å². The Labute approximate surface area is 191 Å². The van der Waals surface area contributed by atoms with Gasteiger partial charge in [-0.25, -0.2) is 0 Å². The van der Waals surface area contributed by atoms with Crippen LogP contribution >= 0.6 is 11.6 Å². The summed E-state index contributed by atoms with van der Waals surface area (Å²) in [4.78, 5) is 0. The van der Waals surface area contributed by atoms with E-state index in [0.29, 0.717) is 25.0 Å². The number of benzene rings is 2. The SMILES string of the molecule is CCOc1cc(CNC2C3CC4CC(C3)CC2C4)c(Cl)cc1OCc1ccccc1C. The third-order valence-corrected chi connectivity index (χ3v) is 8.16. The normalized spacial score (nSPS) is 28.7. The van der Waals surface area contributed by atoms with Crippen LogP contribution in [0.25, 0.3) is 0 Å². The molecule has 0 spiro atoms. The fourth-order valence-electron chi connectivity index (χ4n) is 6.51. The van der Waals surface area contributed by atoms with Crippen LogP contribution in [0.1, 0.15) is 55.7 Å². The molecule has 4 saturated carbocycles. The van der Waals surface area contributed by atoms with Gasteiger partial charge in [-0.3, -0.25) is 0 Å². The van der Waals surface area contributed by atoms with Crippen molar-refractivity contribution in [1.82, 2.24) is 5.32 Å². The van der Waals surface area contributed by atoms with Crippen LogP contribution in [0.4, 0.5) is 0 Å². The fourth-order valence-corrected chi connectivity index (χ4v) is 6.73. The molecule has 2 aromatic rings. The molecule has 0 aromatic heterocycles. The summed E-state index contributed by atoms with van der Waals surface area (Å²) in [6.45, 7) is 6.02. The predicted molar refractivity (Wildman–Crippen MR) is 126 cm³/mol. The van der Waals surface area contributed by atoms with Crippen molar-refractivity contribution < 1.29 is 9.47 Å². The lowest BCUT2D eigenvalue weighted by Crippen LogP contribution is -2.54. The summed E-state index contributed by atoms with van der Waals surface area (Å²) in [7, 11) is 0. The topological polar surface area (TPSA) is 30.5 Å².